The van der Waals surface area contributed by atoms with Crippen LogP contribution in [0.2, 0.25) is 5.02 Å². The fourth-order valence-corrected chi connectivity index (χ4v) is 1.59. The van der Waals surface area contributed by atoms with Gasteiger partial charge in [0.05, 0.1) is 10.6 Å². The minimum absolute atomic E-state index is 0.106. The SMILES string of the molecule is CCn1nncc1Oc1ccc(C(=O)O)cc1Cl. The molecule has 0 bridgehead atoms. The molecule has 94 valence electrons. The summed E-state index contributed by atoms with van der Waals surface area (Å²) in [5.74, 6) is -0.232. The van der Waals surface area contributed by atoms with Crippen molar-refractivity contribution < 1.29 is 14.6 Å². The first-order valence-electron chi connectivity index (χ1n) is 5.21. The molecule has 1 aromatic carbocycles. The van der Waals surface area contributed by atoms with Crippen LogP contribution in [0.25, 0.3) is 0 Å². The van der Waals surface area contributed by atoms with Gasteiger partial charge in [-0.15, -0.1) is 5.10 Å². The van der Waals surface area contributed by atoms with Gasteiger partial charge >= 0.3 is 5.97 Å². The van der Waals surface area contributed by atoms with E-state index in [9.17, 15) is 4.79 Å². The predicted octanol–water partition coefficient (Wildman–Crippen LogP) is 2.44. The van der Waals surface area contributed by atoms with Crippen molar-refractivity contribution in [2.24, 2.45) is 0 Å². The molecule has 2 rings (SSSR count). The van der Waals surface area contributed by atoms with Gasteiger partial charge in [-0.05, 0) is 25.1 Å². The smallest absolute Gasteiger partial charge is 0.335 e. The summed E-state index contributed by atoms with van der Waals surface area (Å²) in [6.45, 7) is 2.51. The topological polar surface area (TPSA) is 77.2 Å². The molecule has 0 atom stereocenters. The molecule has 0 aliphatic rings. The zero-order valence-electron chi connectivity index (χ0n) is 9.50. The number of nitrogens with zero attached hydrogens (tertiary/aromatic N) is 3. The second kappa shape index (κ2) is 5.05. The van der Waals surface area contributed by atoms with Crippen molar-refractivity contribution in [2.45, 2.75) is 13.5 Å². The van der Waals surface area contributed by atoms with E-state index in [1.54, 1.807) is 4.68 Å². The van der Waals surface area contributed by atoms with E-state index in [4.69, 9.17) is 21.4 Å². The number of hydrogen-bond acceptors (Lipinski definition) is 4. The van der Waals surface area contributed by atoms with E-state index < -0.39 is 5.97 Å². The molecular formula is C11H10ClN3O3. The van der Waals surface area contributed by atoms with Crippen LogP contribution in [0.3, 0.4) is 0 Å². The molecule has 0 aliphatic carbocycles. The minimum Gasteiger partial charge on any atom is -0.478 e. The van der Waals surface area contributed by atoms with Crippen LogP contribution < -0.4 is 4.74 Å². The second-order valence-electron chi connectivity index (χ2n) is 3.44. The lowest BCUT2D eigenvalue weighted by molar-refractivity contribution is 0.0697. The Kier molecular flexibility index (Phi) is 3.47. The molecule has 0 saturated carbocycles. The van der Waals surface area contributed by atoms with Gasteiger partial charge in [-0.25, -0.2) is 9.48 Å². The molecule has 0 radical (unpaired) electrons. The first kappa shape index (κ1) is 12.4. The van der Waals surface area contributed by atoms with E-state index in [2.05, 4.69) is 10.3 Å². The highest BCUT2D eigenvalue weighted by Crippen LogP contribution is 2.29. The molecule has 0 saturated heterocycles. The van der Waals surface area contributed by atoms with Crippen molar-refractivity contribution >= 4 is 17.6 Å². The number of halogens is 1. The monoisotopic (exact) mass is 267 g/mol. The van der Waals surface area contributed by atoms with Crippen LogP contribution in [0, 0.1) is 0 Å². The van der Waals surface area contributed by atoms with Gasteiger partial charge in [-0.2, -0.15) is 0 Å². The lowest BCUT2D eigenvalue weighted by atomic mass is 10.2. The number of aryl methyl sites for hydroxylation is 1. The summed E-state index contributed by atoms with van der Waals surface area (Å²) >= 11 is 5.95. The van der Waals surface area contributed by atoms with E-state index in [1.165, 1.54) is 24.4 Å². The first-order valence-corrected chi connectivity index (χ1v) is 5.58. The number of hydrogen-bond donors (Lipinski definition) is 1. The third-order valence-electron chi connectivity index (χ3n) is 2.28. The van der Waals surface area contributed by atoms with E-state index in [0.29, 0.717) is 18.2 Å². The molecule has 2 aromatic rings. The van der Waals surface area contributed by atoms with E-state index >= 15 is 0 Å². The number of benzene rings is 1. The maximum atomic E-state index is 10.8. The van der Waals surface area contributed by atoms with Gasteiger partial charge in [0.15, 0.2) is 0 Å². The number of ether oxygens (including phenoxy) is 1. The average Bonchev–Trinajstić information content (AvgIpc) is 2.78. The minimum atomic E-state index is -1.04. The molecule has 7 heteroatoms. The molecule has 0 fully saturated rings. The number of carbonyl (C=O) groups is 1. The summed E-state index contributed by atoms with van der Waals surface area (Å²) in [5.41, 5.74) is 0.106. The van der Waals surface area contributed by atoms with Crippen LogP contribution in [-0.4, -0.2) is 26.1 Å². The lowest BCUT2D eigenvalue weighted by Gasteiger charge is -2.08. The second-order valence-corrected chi connectivity index (χ2v) is 3.85. The van der Waals surface area contributed by atoms with Gasteiger partial charge in [0.2, 0.25) is 5.88 Å². The van der Waals surface area contributed by atoms with Crippen LogP contribution in [-0.2, 0) is 6.54 Å². The van der Waals surface area contributed by atoms with E-state index in [0.717, 1.165) is 0 Å². The van der Waals surface area contributed by atoms with Crippen LogP contribution in [0.5, 0.6) is 11.6 Å². The zero-order valence-corrected chi connectivity index (χ0v) is 10.3. The van der Waals surface area contributed by atoms with Crippen LogP contribution in [0.4, 0.5) is 0 Å². The number of aromatic carboxylic acids is 1. The summed E-state index contributed by atoms with van der Waals surface area (Å²) in [5, 5.41) is 16.6. The Morgan fingerprint density at radius 3 is 2.94 bits per heavy atom. The molecule has 0 spiro atoms. The quantitative estimate of drug-likeness (QED) is 0.921. The molecule has 6 nitrogen and oxygen atoms in total. The van der Waals surface area contributed by atoms with Gasteiger partial charge in [0, 0.05) is 6.54 Å². The maximum absolute atomic E-state index is 10.8. The molecular weight excluding hydrogens is 258 g/mol. The first-order chi connectivity index (χ1) is 8.61. The Morgan fingerprint density at radius 1 is 1.56 bits per heavy atom. The third-order valence-corrected chi connectivity index (χ3v) is 2.57. The molecule has 18 heavy (non-hydrogen) atoms. The average molecular weight is 268 g/mol. The summed E-state index contributed by atoms with van der Waals surface area (Å²) in [4.78, 5) is 10.8. The van der Waals surface area contributed by atoms with Crippen LogP contribution >= 0.6 is 11.6 Å². The van der Waals surface area contributed by atoms with Crippen molar-refractivity contribution in [2.75, 3.05) is 0 Å². The summed E-state index contributed by atoms with van der Waals surface area (Å²) in [6, 6.07) is 4.25. The summed E-state index contributed by atoms with van der Waals surface area (Å²) in [7, 11) is 0. The van der Waals surface area contributed by atoms with Crippen molar-refractivity contribution in [3.63, 3.8) is 0 Å². The molecule has 0 amide bonds. The lowest BCUT2D eigenvalue weighted by Crippen LogP contribution is -2.01. The number of aromatic nitrogens is 3. The Labute approximate surface area is 108 Å². The van der Waals surface area contributed by atoms with Crippen molar-refractivity contribution in [3.05, 3.63) is 35.0 Å². The Balaban J connectivity index is 2.27. The van der Waals surface area contributed by atoms with E-state index in [-0.39, 0.29) is 10.6 Å². The standard InChI is InChI=1S/C11H10ClN3O3/c1-2-15-10(6-13-14-15)18-9-4-3-7(11(16)17)5-8(9)12/h3-6H,2H2,1H3,(H,16,17). The highest BCUT2D eigenvalue weighted by atomic mass is 35.5. The molecule has 1 heterocycles. The Hall–Kier alpha value is -2.08. The highest BCUT2D eigenvalue weighted by molar-refractivity contribution is 6.32. The van der Waals surface area contributed by atoms with Crippen LogP contribution in [0.1, 0.15) is 17.3 Å². The molecule has 1 aromatic heterocycles. The Bertz CT molecular complexity index is 583. The normalized spacial score (nSPS) is 10.3. The number of carboxylic acids is 1. The van der Waals surface area contributed by atoms with Gasteiger partial charge in [0.1, 0.15) is 11.9 Å². The largest absolute Gasteiger partial charge is 0.478 e. The van der Waals surface area contributed by atoms with Gasteiger partial charge in [-0.3, -0.25) is 0 Å². The fourth-order valence-electron chi connectivity index (χ4n) is 1.38. The van der Waals surface area contributed by atoms with Crippen molar-refractivity contribution in [1.29, 1.82) is 0 Å². The summed E-state index contributed by atoms with van der Waals surface area (Å²) < 4.78 is 7.08. The molecule has 0 aliphatic heterocycles. The van der Waals surface area contributed by atoms with Crippen LogP contribution in [0.15, 0.2) is 24.4 Å². The maximum Gasteiger partial charge on any atom is 0.335 e. The van der Waals surface area contributed by atoms with Crippen molar-refractivity contribution in [3.8, 4) is 11.6 Å². The van der Waals surface area contributed by atoms with Gasteiger partial charge < -0.3 is 9.84 Å². The van der Waals surface area contributed by atoms with Crippen molar-refractivity contribution in [1.82, 2.24) is 15.0 Å². The predicted molar refractivity (Wildman–Crippen MR) is 64.2 cm³/mol. The molecule has 1 N–H and O–H groups in total. The van der Waals surface area contributed by atoms with Gasteiger partial charge in [0.25, 0.3) is 0 Å². The number of rotatable bonds is 4. The molecule has 0 unspecified atom stereocenters. The highest BCUT2D eigenvalue weighted by Gasteiger charge is 2.11. The summed E-state index contributed by atoms with van der Waals surface area (Å²) in [6.07, 6.45) is 1.46. The van der Waals surface area contributed by atoms with Gasteiger partial charge in [-0.1, -0.05) is 16.8 Å². The fraction of sp³-hybridized carbons (Fsp3) is 0.182. The Morgan fingerprint density at radius 2 is 2.33 bits per heavy atom. The number of carboxylic acid groups (broad SMARTS) is 1. The third kappa shape index (κ3) is 2.43. The van der Waals surface area contributed by atoms with E-state index in [1.807, 2.05) is 6.92 Å². The zero-order chi connectivity index (χ0) is 13.1.